The van der Waals surface area contributed by atoms with Crippen molar-refractivity contribution in [2.45, 2.75) is 17.4 Å². The Labute approximate surface area is 115 Å². The van der Waals surface area contributed by atoms with Gasteiger partial charge < -0.3 is 5.32 Å². The molecule has 1 fully saturated rings. The fourth-order valence-corrected chi connectivity index (χ4v) is 3.58. The van der Waals surface area contributed by atoms with Gasteiger partial charge in [-0.2, -0.15) is 4.31 Å². The number of hydrogen-bond donors (Lipinski definition) is 1. The number of nitrogens with one attached hydrogen (secondary N) is 1. The van der Waals surface area contributed by atoms with Crippen LogP contribution in [0.15, 0.2) is 29.2 Å². The van der Waals surface area contributed by atoms with E-state index < -0.39 is 37.5 Å². The summed E-state index contributed by atoms with van der Waals surface area (Å²) in [6.45, 7) is 0.389. The molecule has 9 heteroatoms. The van der Waals surface area contributed by atoms with Crippen molar-refractivity contribution in [2.24, 2.45) is 0 Å². The summed E-state index contributed by atoms with van der Waals surface area (Å²) >= 11 is 0. The fraction of sp³-hybridized carbons (Fsp3) is 0.364. The van der Waals surface area contributed by atoms with Crippen molar-refractivity contribution in [3.8, 4) is 0 Å². The lowest BCUT2D eigenvalue weighted by Crippen LogP contribution is -2.41. The Kier molecular flexibility index (Phi) is 3.73. The summed E-state index contributed by atoms with van der Waals surface area (Å²) in [5.41, 5.74) is -0.502. The zero-order chi connectivity index (χ0) is 14.9. The van der Waals surface area contributed by atoms with E-state index in [9.17, 15) is 23.3 Å². The summed E-state index contributed by atoms with van der Waals surface area (Å²) in [6.07, 6.45) is 0.342. The Morgan fingerprint density at radius 1 is 1.40 bits per heavy atom. The van der Waals surface area contributed by atoms with E-state index in [-0.39, 0.29) is 0 Å². The predicted octanol–water partition coefficient (Wildman–Crippen LogP) is 0.104. The molecular weight excluding hydrogens is 286 g/mol. The van der Waals surface area contributed by atoms with Crippen LogP contribution in [0, 0.1) is 10.1 Å². The third-order valence-electron chi connectivity index (χ3n) is 3.18. The number of nitrogens with zero attached hydrogens (tertiary/aromatic N) is 2. The van der Waals surface area contributed by atoms with E-state index in [2.05, 4.69) is 5.32 Å². The van der Waals surface area contributed by atoms with Crippen LogP contribution >= 0.6 is 0 Å². The van der Waals surface area contributed by atoms with E-state index >= 15 is 0 Å². The standard InChI is InChI=1S/C11H13N3O5S/c1-13(9-6-7-12-11(9)15)20(18,19)10-5-3-2-4-8(10)14(16)17/h2-5,9H,6-7H2,1H3,(H,12,15)/t9-/m0/s1. The van der Waals surface area contributed by atoms with Gasteiger partial charge in [-0.15, -0.1) is 0 Å². The molecule has 0 bridgehead atoms. The molecule has 1 heterocycles. The summed E-state index contributed by atoms with van der Waals surface area (Å²) in [5.74, 6) is -0.394. The van der Waals surface area contributed by atoms with E-state index in [0.717, 1.165) is 16.4 Å². The molecule has 1 aromatic carbocycles. The molecule has 0 radical (unpaired) electrons. The van der Waals surface area contributed by atoms with Gasteiger partial charge in [0.1, 0.15) is 6.04 Å². The molecule has 108 valence electrons. The summed E-state index contributed by atoms with van der Waals surface area (Å²) in [5, 5.41) is 13.5. The SMILES string of the molecule is CN([C@H]1CCNC1=O)S(=O)(=O)c1ccccc1[N+](=O)[O-]. The number of carbonyl (C=O) groups excluding carboxylic acids is 1. The lowest BCUT2D eigenvalue weighted by atomic mass is 10.3. The summed E-state index contributed by atoms with van der Waals surface area (Å²) < 4.78 is 25.7. The molecule has 1 atom stereocenters. The molecule has 0 saturated carbocycles. The average Bonchev–Trinajstić information content (AvgIpc) is 2.83. The summed E-state index contributed by atoms with van der Waals surface area (Å²) in [4.78, 5) is 21.3. The van der Waals surface area contributed by atoms with Crippen molar-refractivity contribution in [3.63, 3.8) is 0 Å². The number of amides is 1. The highest BCUT2D eigenvalue weighted by atomic mass is 32.2. The van der Waals surface area contributed by atoms with Crippen molar-refractivity contribution in [2.75, 3.05) is 13.6 Å². The first kappa shape index (κ1) is 14.4. The molecule has 0 aliphatic carbocycles. The highest BCUT2D eigenvalue weighted by Crippen LogP contribution is 2.27. The fourth-order valence-electron chi connectivity index (χ4n) is 2.08. The van der Waals surface area contributed by atoms with Gasteiger partial charge in [0.15, 0.2) is 4.90 Å². The number of sulfonamides is 1. The Balaban J connectivity index is 2.45. The molecule has 0 unspecified atom stereocenters. The van der Waals surface area contributed by atoms with Crippen LogP contribution in [0.1, 0.15) is 6.42 Å². The maximum absolute atomic E-state index is 12.4. The van der Waals surface area contributed by atoms with Gasteiger partial charge in [-0.05, 0) is 12.5 Å². The van der Waals surface area contributed by atoms with Gasteiger partial charge in [-0.1, -0.05) is 12.1 Å². The first-order chi connectivity index (χ1) is 9.35. The number of rotatable bonds is 4. The summed E-state index contributed by atoms with van der Waals surface area (Å²) in [7, 11) is -2.85. The van der Waals surface area contributed by atoms with Crippen molar-refractivity contribution < 1.29 is 18.1 Å². The third kappa shape index (κ3) is 2.37. The molecule has 1 N–H and O–H groups in total. The lowest BCUT2D eigenvalue weighted by Gasteiger charge is -2.21. The quantitative estimate of drug-likeness (QED) is 0.626. The normalized spacial score (nSPS) is 19.1. The number of likely N-dealkylation sites (N-methyl/N-ethyl adjacent to an activating group) is 1. The smallest absolute Gasteiger partial charge is 0.289 e. The average molecular weight is 299 g/mol. The maximum atomic E-state index is 12.4. The van der Waals surface area contributed by atoms with Crippen LogP contribution in [0.5, 0.6) is 0 Å². The zero-order valence-corrected chi connectivity index (χ0v) is 11.5. The van der Waals surface area contributed by atoms with Gasteiger partial charge in [0.25, 0.3) is 5.69 Å². The Morgan fingerprint density at radius 2 is 2.05 bits per heavy atom. The predicted molar refractivity (Wildman–Crippen MR) is 69.5 cm³/mol. The van der Waals surface area contributed by atoms with E-state index in [1.165, 1.54) is 19.2 Å². The first-order valence-corrected chi connectivity index (χ1v) is 7.29. The van der Waals surface area contributed by atoms with E-state index in [4.69, 9.17) is 0 Å². The van der Waals surface area contributed by atoms with Crippen LogP contribution in [-0.2, 0) is 14.8 Å². The second kappa shape index (κ2) is 5.17. The van der Waals surface area contributed by atoms with Gasteiger partial charge >= 0.3 is 0 Å². The largest absolute Gasteiger partial charge is 0.355 e. The van der Waals surface area contributed by atoms with Gasteiger partial charge in [0, 0.05) is 19.7 Å². The van der Waals surface area contributed by atoms with Crippen LogP contribution in [0.2, 0.25) is 0 Å². The van der Waals surface area contributed by atoms with Crippen molar-refractivity contribution in [3.05, 3.63) is 34.4 Å². The van der Waals surface area contributed by atoms with Crippen LogP contribution < -0.4 is 5.32 Å². The van der Waals surface area contributed by atoms with Crippen molar-refractivity contribution in [1.82, 2.24) is 9.62 Å². The second-order valence-corrected chi connectivity index (χ2v) is 6.31. The minimum Gasteiger partial charge on any atom is -0.355 e. The number of nitro groups is 1. The van der Waals surface area contributed by atoms with Crippen LogP contribution in [-0.4, -0.2) is 43.2 Å². The molecule has 20 heavy (non-hydrogen) atoms. The van der Waals surface area contributed by atoms with Gasteiger partial charge in [-0.25, -0.2) is 8.42 Å². The topological polar surface area (TPSA) is 110 Å². The van der Waals surface area contributed by atoms with Crippen molar-refractivity contribution >= 4 is 21.6 Å². The van der Waals surface area contributed by atoms with Gasteiger partial charge in [-0.3, -0.25) is 14.9 Å². The molecule has 8 nitrogen and oxygen atoms in total. The third-order valence-corrected chi connectivity index (χ3v) is 5.09. The van der Waals surface area contributed by atoms with E-state index in [1.807, 2.05) is 0 Å². The molecule has 0 spiro atoms. The van der Waals surface area contributed by atoms with E-state index in [1.54, 1.807) is 0 Å². The molecule has 1 aliphatic heterocycles. The molecule has 1 aromatic rings. The highest BCUT2D eigenvalue weighted by molar-refractivity contribution is 7.89. The van der Waals surface area contributed by atoms with Crippen LogP contribution in [0.3, 0.4) is 0 Å². The molecule has 1 amide bonds. The number of carbonyl (C=O) groups is 1. The van der Waals surface area contributed by atoms with E-state index in [0.29, 0.717) is 13.0 Å². The molecule has 1 saturated heterocycles. The van der Waals surface area contributed by atoms with Crippen molar-refractivity contribution in [1.29, 1.82) is 0 Å². The molecule has 1 aliphatic rings. The Morgan fingerprint density at radius 3 is 2.60 bits per heavy atom. The molecular formula is C11H13N3O5S. The zero-order valence-electron chi connectivity index (χ0n) is 10.6. The number of para-hydroxylation sites is 1. The number of hydrogen-bond acceptors (Lipinski definition) is 5. The van der Waals surface area contributed by atoms with Crippen LogP contribution in [0.4, 0.5) is 5.69 Å². The second-order valence-electron chi connectivity index (χ2n) is 4.34. The molecule has 2 rings (SSSR count). The first-order valence-electron chi connectivity index (χ1n) is 5.85. The lowest BCUT2D eigenvalue weighted by molar-refractivity contribution is -0.387. The highest BCUT2D eigenvalue weighted by Gasteiger charge is 2.38. The molecule has 0 aromatic heterocycles. The Bertz CT molecular complexity index is 658. The maximum Gasteiger partial charge on any atom is 0.289 e. The number of nitro benzene ring substituents is 1. The monoisotopic (exact) mass is 299 g/mol. The van der Waals surface area contributed by atoms with Gasteiger partial charge in [0.2, 0.25) is 15.9 Å². The van der Waals surface area contributed by atoms with Gasteiger partial charge in [0.05, 0.1) is 4.92 Å². The number of benzene rings is 1. The summed E-state index contributed by atoms with van der Waals surface area (Å²) in [6, 6.07) is 4.24. The minimum atomic E-state index is -4.10. The minimum absolute atomic E-state index is 0.342. The van der Waals surface area contributed by atoms with Crippen LogP contribution in [0.25, 0.3) is 0 Å². The Hall–Kier alpha value is -2.00.